The van der Waals surface area contributed by atoms with Crippen molar-refractivity contribution in [2.24, 2.45) is 0 Å². The minimum absolute atomic E-state index is 0.148. The van der Waals surface area contributed by atoms with E-state index in [2.05, 4.69) is 15.3 Å². The number of methoxy groups -OCH3 is 1. The number of hydrogen-bond donors (Lipinski definition) is 2. The normalized spacial score (nSPS) is 15.6. The molecule has 1 atom stereocenters. The van der Waals surface area contributed by atoms with E-state index in [-0.39, 0.29) is 23.8 Å². The smallest absolute Gasteiger partial charge is 0.257 e. The largest absolute Gasteiger partial charge is 0.497 e. The first-order chi connectivity index (χ1) is 13.6. The highest BCUT2D eigenvalue weighted by molar-refractivity contribution is 7.98. The lowest BCUT2D eigenvalue weighted by molar-refractivity contribution is -0.116. The molecule has 1 unspecified atom stereocenters. The summed E-state index contributed by atoms with van der Waals surface area (Å²) in [6.07, 6.45) is 0.209. The minimum atomic E-state index is -0.334. The maximum atomic E-state index is 12.8. The molecule has 0 bridgehead atoms. The van der Waals surface area contributed by atoms with Crippen molar-refractivity contribution in [2.45, 2.75) is 23.2 Å². The van der Waals surface area contributed by atoms with Gasteiger partial charge in [0.25, 0.3) is 5.56 Å². The molecule has 0 aliphatic carbocycles. The topological polar surface area (TPSA) is 84.1 Å². The fourth-order valence-corrected chi connectivity index (χ4v) is 4.08. The van der Waals surface area contributed by atoms with Crippen LogP contribution in [0, 0.1) is 0 Å². The van der Waals surface area contributed by atoms with Gasteiger partial charge in [0.05, 0.1) is 12.7 Å². The summed E-state index contributed by atoms with van der Waals surface area (Å²) in [4.78, 5) is 32.4. The number of benzene rings is 2. The number of carbonyl (C=O) groups is 1. The zero-order chi connectivity index (χ0) is 19.5. The van der Waals surface area contributed by atoms with Crippen LogP contribution in [0.4, 0.5) is 5.82 Å². The Kier molecular flexibility index (Phi) is 5.16. The molecule has 2 heterocycles. The molecule has 1 aromatic heterocycles. The standard InChI is InChI=1S/C21H19N3O3S/c1-27-15-9-7-14(8-10-15)16-11-17(25)22-19-18(16)20(26)24-21(23-19)28-12-13-5-3-2-4-6-13/h2-10,16H,11-12H2,1H3,(H2,22,23,24,25,26). The van der Waals surface area contributed by atoms with Crippen LogP contribution in [0.3, 0.4) is 0 Å². The predicted molar refractivity (Wildman–Crippen MR) is 109 cm³/mol. The van der Waals surface area contributed by atoms with Crippen LogP contribution in [-0.4, -0.2) is 23.0 Å². The van der Waals surface area contributed by atoms with Crippen LogP contribution in [-0.2, 0) is 10.5 Å². The third-order valence-corrected chi connectivity index (χ3v) is 5.61. The molecular weight excluding hydrogens is 374 g/mol. The number of amides is 1. The quantitative estimate of drug-likeness (QED) is 0.512. The number of thioether (sulfide) groups is 1. The average Bonchev–Trinajstić information content (AvgIpc) is 2.72. The summed E-state index contributed by atoms with van der Waals surface area (Å²) < 4.78 is 5.19. The summed E-state index contributed by atoms with van der Waals surface area (Å²) in [7, 11) is 1.60. The molecule has 0 radical (unpaired) electrons. The highest BCUT2D eigenvalue weighted by atomic mass is 32.2. The van der Waals surface area contributed by atoms with Gasteiger partial charge in [-0.2, -0.15) is 0 Å². The number of carbonyl (C=O) groups excluding carboxylic acids is 1. The Morgan fingerprint density at radius 2 is 1.86 bits per heavy atom. The number of nitrogens with one attached hydrogen (secondary N) is 2. The molecule has 6 nitrogen and oxygen atoms in total. The number of anilines is 1. The Morgan fingerprint density at radius 1 is 1.11 bits per heavy atom. The molecule has 1 aliphatic rings. The van der Waals surface area contributed by atoms with Crippen molar-refractivity contribution in [2.75, 3.05) is 12.4 Å². The fourth-order valence-electron chi connectivity index (χ4n) is 3.27. The number of ether oxygens (including phenoxy) is 1. The van der Waals surface area contributed by atoms with Gasteiger partial charge in [-0.25, -0.2) is 4.98 Å². The van der Waals surface area contributed by atoms with Crippen molar-refractivity contribution in [1.82, 2.24) is 9.97 Å². The second-order valence-corrected chi connectivity index (χ2v) is 7.45. The summed E-state index contributed by atoms with van der Waals surface area (Å²) in [6, 6.07) is 17.3. The predicted octanol–water partition coefficient (Wildman–Crippen LogP) is 3.54. The molecule has 142 valence electrons. The highest BCUT2D eigenvalue weighted by Crippen LogP contribution is 2.35. The monoisotopic (exact) mass is 393 g/mol. The lowest BCUT2D eigenvalue weighted by atomic mass is 9.87. The van der Waals surface area contributed by atoms with Crippen molar-refractivity contribution in [1.29, 1.82) is 0 Å². The van der Waals surface area contributed by atoms with E-state index in [1.165, 1.54) is 11.8 Å². The van der Waals surface area contributed by atoms with Crippen molar-refractivity contribution >= 4 is 23.5 Å². The van der Waals surface area contributed by atoms with Crippen molar-refractivity contribution < 1.29 is 9.53 Å². The van der Waals surface area contributed by atoms with E-state index in [9.17, 15) is 9.59 Å². The third kappa shape index (κ3) is 3.80. The SMILES string of the molecule is COc1ccc(C2CC(=O)Nc3nc(SCc4ccccc4)[nH]c(=O)c32)cc1. The molecule has 4 rings (SSSR count). The molecule has 7 heteroatoms. The minimum Gasteiger partial charge on any atom is -0.497 e. The van der Waals surface area contributed by atoms with E-state index in [0.29, 0.717) is 22.3 Å². The molecule has 0 fully saturated rings. The first kappa shape index (κ1) is 18.3. The molecule has 3 aromatic rings. The van der Waals surface area contributed by atoms with Crippen molar-refractivity contribution in [3.8, 4) is 5.75 Å². The zero-order valence-corrected chi connectivity index (χ0v) is 16.1. The molecule has 0 saturated carbocycles. The van der Waals surface area contributed by atoms with Crippen LogP contribution in [0.15, 0.2) is 64.5 Å². The highest BCUT2D eigenvalue weighted by Gasteiger charge is 2.30. The van der Waals surface area contributed by atoms with Gasteiger partial charge in [0.15, 0.2) is 5.16 Å². The Bertz CT molecular complexity index is 1050. The van der Waals surface area contributed by atoms with E-state index >= 15 is 0 Å². The van der Waals surface area contributed by atoms with Crippen molar-refractivity contribution in [3.63, 3.8) is 0 Å². The van der Waals surface area contributed by atoms with Gasteiger partial charge in [-0.15, -0.1) is 0 Å². The maximum absolute atomic E-state index is 12.8. The number of rotatable bonds is 5. The average molecular weight is 393 g/mol. The van der Waals surface area contributed by atoms with Gasteiger partial charge in [0, 0.05) is 18.1 Å². The third-order valence-electron chi connectivity index (χ3n) is 4.67. The molecule has 2 aromatic carbocycles. The zero-order valence-electron chi connectivity index (χ0n) is 15.3. The van der Waals surface area contributed by atoms with Crippen molar-refractivity contribution in [3.05, 3.63) is 81.6 Å². The first-order valence-electron chi connectivity index (χ1n) is 8.89. The summed E-state index contributed by atoms with van der Waals surface area (Å²) in [5.41, 5.74) is 2.29. The molecule has 0 spiro atoms. The Morgan fingerprint density at radius 3 is 2.57 bits per heavy atom. The molecule has 28 heavy (non-hydrogen) atoms. The van der Waals surface area contributed by atoms with E-state index in [1.807, 2.05) is 54.6 Å². The number of aromatic amines is 1. The number of fused-ring (bicyclic) bond motifs is 1. The van der Waals surface area contributed by atoms with Crippen LogP contribution < -0.4 is 15.6 Å². The van der Waals surface area contributed by atoms with Gasteiger partial charge >= 0.3 is 0 Å². The first-order valence-corrected chi connectivity index (χ1v) is 9.87. The van der Waals surface area contributed by atoms with Gasteiger partial charge in [-0.1, -0.05) is 54.2 Å². The molecule has 2 N–H and O–H groups in total. The lowest BCUT2D eigenvalue weighted by Gasteiger charge is -2.24. The maximum Gasteiger partial charge on any atom is 0.257 e. The Hall–Kier alpha value is -3.06. The summed E-state index contributed by atoms with van der Waals surface area (Å²) in [6.45, 7) is 0. The van der Waals surface area contributed by atoms with Crippen LogP contribution in [0.2, 0.25) is 0 Å². The molecular formula is C21H19N3O3S. The van der Waals surface area contributed by atoms with Crippen LogP contribution >= 0.6 is 11.8 Å². The Balaban J connectivity index is 1.65. The molecule has 0 saturated heterocycles. The summed E-state index contributed by atoms with van der Waals surface area (Å²) >= 11 is 1.43. The second-order valence-electron chi connectivity index (χ2n) is 6.49. The molecule has 1 aliphatic heterocycles. The molecule has 1 amide bonds. The lowest BCUT2D eigenvalue weighted by Crippen LogP contribution is -2.31. The Labute approximate surface area is 166 Å². The number of nitrogens with zero attached hydrogens (tertiary/aromatic N) is 1. The van der Waals surface area contributed by atoms with Gasteiger partial charge in [0.1, 0.15) is 11.6 Å². The van der Waals surface area contributed by atoms with E-state index in [0.717, 1.165) is 16.9 Å². The van der Waals surface area contributed by atoms with Gasteiger partial charge in [-0.05, 0) is 23.3 Å². The van der Waals surface area contributed by atoms with E-state index in [1.54, 1.807) is 7.11 Å². The number of aromatic nitrogens is 2. The second kappa shape index (κ2) is 7.90. The number of hydrogen-bond acceptors (Lipinski definition) is 5. The van der Waals surface area contributed by atoms with Gasteiger partial charge in [-0.3, -0.25) is 9.59 Å². The number of H-pyrrole nitrogens is 1. The van der Waals surface area contributed by atoms with Crippen LogP contribution in [0.25, 0.3) is 0 Å². The van der Waals surface area contributed by atoms with E-state index in [4.69, 9.17) is 4.74 Å². The van der Waals surface area contributed by atoms with Crippen LogP contribution in [0.1, 0.15) is 29.0 Å². The van der Waals surface area contributed by atoms with Gasteiger partial charge < -0.3 is 15.0 Å². The summed E-state index contributed by atoms with van der Waals surface area (Å²) in [5.74, 6) is 1.27. The van der Waals surface area contributed by atoms with Gasteiger partial charge in [0.2, 0.25) is 5.91 Å². The summed E-state index contributed by atoms with van der Waals surface area (Å²) in [5, 5.41) is 3.24. The fraction of sp³-hybridized carbons (Fsp3) is 0.190. The van der Waals surface area contributed by atoms with Crippen LogP contribution in [0.5, 0.6) is 5.75 Å². The van der Waals surface area contributed by atoms with E-state index < -0.39 is 0 Å².